The number of amides is 3. The second kappa shape index (κ2) is 8.83. The summed E-state index contributed by atoms with van der Waals surface area (Å²) in [4.78, 5) is 54.3. The molecule has 2 aromatic heterocycles. The molecule has 1 aliphatic rings. The average molecular weight is 455 g/mol. The van der Waals surface area contributed by atoms with E-state index in [9.17, 15) is 19.2 Å². The minimum atomic E-state index is -0.891. The quantitative estimate of drug-likeness (QED) is 0.322. The molecule has 31 heavy (non-hydrogen) atoms. The van der Waals surface area contributed by atoms with E-state index < -0.39 is 17.9 Å². The first-order valence-corrected chi connectivity index (χ1v) is 11.2. The Labute approximate surface area is 186 Å². The third-order valence-corrected chi connectivity index (χ3v) is 6.47. The lowest BCUT2D eigenvalue weighted by molar-refractivity contribution is -0.132. The van der Waals surface area contributed by atoms with Gasteiger partial charge in [-0.15, -0.1) is 22.7 Å². The van der Waals surface area contributed by atoms with Crippen molar-refractivity contribution in [1.82, 2.24) is 4.90 Å². The number of benzene rings is 1. The summed E-state index contributed by atoms with van der Waals surface area (Å²) in [6.45, 7) is 1.54. The van der Waals surface area contributed by atoms with E-state index in [0.29, 0.717) is 16.3 Å². The molecule has 1 unspecified atom stereocenters. The highest BCUT2D eigenvalue weighted by molar-refractivity contribution is 7.12. The molecule has 1 aromatic carbocycles. The van der Waals surface area contributed by atoms with Crippen LogP contribution in [0.15, 0.2) is 59.3 Å². The summed E-state index contributed by atoms with van der Waals surface area (Å²) >= 11 is 2.79. The molecule has 4 rings (SSSR count). The molecule has 158 valence electrons. The molecule has 3 amide bonds. The third-order valence-electron chi connectivity index (χ3n) is 4.75. The van der Waals surface area contributed by atoms with Crippen LogP contribution in [0.3, 0.4) is 0 Å². The fraction of sp³-hybridized carbons (Fsp3) is 0.182. The van der Waals surface area contributed by atoms with Crippen LogP contribution in [0.5, 0.6) is 5.75 Å². The molecule has 0 bridgehead atoms. The molecule has 1 aliphatic heterocycles. The van der Waals surface area contributed by atoms with Gasteiger partial charge in [0.25, 0.3) is 11.8 Å². The van der Waals surface area contributed by atoms with Gasteiger partial charge in [-0.05, 0) is 47.2 Å². The van der Waals surface area contributed by atoms with Crippen molar-refractivity contribution in [3.05, 3.63) is 69.0 Å². The van der Waals surface area contributed by atoms with Gasteiger partial charge in [0.1, 0.15) is 11.8 Å². The van der Waals surface area contributed by atoms with Crippen LogP contribution in [-0.4, -0.2) is 34.6 Å². The first-order chi connectivity index (χ1) is 14.9. The van der Waals surface area contributed by atoms with E-state index in [0.717, 1.165) is 9.78 Å². The normalized spacial score (nSPS) is 15.9. The largest absolute Gasteiger partial charge is 0.427 e. The summed E-state index contributed by atoms with van der Waals surface area (Å²) in [5.41, 5.74) is 0.369. The van der Waals surface area contributed by atoms with Gasteiger partial charge in [-0.25, -0.2) is 4.90 Å². The predicted molar refractivity (Wildman–Crippen MR) is 117 cm³/mol. The molecule has 3 aromatic rings. The van der Waals surface area contributed by atoms with Gasteiger partial charge >= 0.3 is 5.97 Å². The Hall–Kier alpha value is -3.30. The van der Waals surface area contributed by atoms with Crippen LogP contribution < -0.4 is 9.64 Å². The number of rotatable bonds is 6. The topological polar surface area (TPSA) is 84.0 Å². The number of anilines is 1. The Balaban J connectivity index is 1.61. The molecule has 0 aliphatic carbocycles. The van der Waals surface area contributed by atoms with Gasteiger partial charge in [0.05, 0.1) is 23.5 Å². The zero-order valence-electron chi connectivity index (χ0n) is 16.5. The standard InChI is InChI=1S/C22H18N2O5S2/c1-14(25)29-16-8-6-15(7-9-16)24-20(26)12-18(21(24)27)23(13-17-4-2-10-30-17)22(28)19-5-3-11-31-19/h2-11,18H,12-13H2,1H3. The van der Waals surface area contributed by atoms with Gasteiger partial charge in [-0.1, -0.05) is 12.1 Å². The molecule has 0 radical (unpaired) electrons. The van der Waals surface area contributed by atoms with Crippen molar-refractivity contribution >= 4 is 52.1 Å². The van der Waals surface area contributed by atoms with Crippen molar-refractivity contribution < 1.29 is 23.9 Å². The Morgan fingerprint density at radius 1 is 1.06 bits per heavy atom. The van der Waals surface area contributed by atoms with Crippen molar-refractivity contribution in [1.29, 1.82) is 0 Å². The maximum atomic E-state index is 13.3. The summed E-state index contributed by atoms with van der Waals surface area (Å²) in [5, 5.41) is 3.71. The van der Waals surface area contributed by atoms with Crippen LogP contribution in [-0.2, 0) is 20.9 Å². The molecule has 3 heterocycles. The second-order valence-corrected chi connectivity index (χ2v) is 8.84. The van der Waals surface area contributed by atoms with E-state index in [2.05, 4.69) is 0 Å². The van der Waals surface area contributed by atoms with Crippen molar-refractivity contribution in [2.24, 2.45) is 0 Å². The van der Waals surface area contributed by atoms with Gasteiger partial charge in [0.2, 0.25) is 5.91 Å². The highest BCUT2D eigenvalue weighted by Crippen LogP contribution is 2.30. The molecule has 0 spiro atoms. The number of hydrogen-bond donors (Lipinski definition) is 0. The van der Waals surface area contributed by atoms with Gasteiger partial charge in [-0.3, -0.25) is 19.2 Å². The smallest absolute Gasteiger partial charge is 0.308 e. The molecule has 9 heteroatoms. The zero-order chi connectivity index (χ0) is 22.0. The van der Waals surface area contributed by atoms with Crippen molar-refractivity contribution in [2.45, 2.75) is 25.9 Å². The van der Waals surface area contributed by atoms with Crippen LogP contribution in [0.1, 0.15) is 27.9 Å². The Bertz CT molecular complexity index is 1110. The summed E-state index contributed by atoms with van der Waals surface area (Å²) in [7, 11) is 0. The SMILES string of the molecule is CC(=O)Oc1ccc(N2C(=O)CC(N(Cc3cccs3)C(=O)c3cccs3)C2=O)cc1. The predicted octanol–water partition coefficient (Wildman–Crippen LogP) is 3.71. The summed E-state index contributed by atoms with van der Waals surface area (Å²) in [5.74, 6) is -1.25. The van der Waals surface area contributed by atoms with E-state index in [4.69, 9.17) is 4.74 Å². The van der Waals surface area contributed by atoms with Crippen molar-refractivity contribution in [3.8, 4) is 5.75 Å². The van der Waals surface area contributed by atoms with Crippen LogP contribution >= 0.6 is 22.7 Å². The number of esters is 1. The highest BCUT2D eigenvalue weighted by atomic mass is 32.1. The third kappa shape index (κ3) is 4.42. The van der Waals surface area contributed by atoms with E-state index >= 15 is 0 Å². The lowest BCUT2D eigenvalue weighted by Crippen LogP contribution is -2.44. The zero-order valence-corrected chi connectivity index (χ0v) is 18.2. The van der Waals surface area contributed by atoms with Crippen molar-refractivity contribution in [3.63, 3.8) is 0 Å². The monoisotopic (exact) mass is 454 g/mol. The lowest BCUT2D eigenvalue weighted by atomic mass is 10.2. The Morgan fingerprint density at radius 2 is 1.77 bits per heavy atom. The Morgan fingerprint density at radius 3 is 2.39 bits per heavy atom. The van der Waals surface area contributed by atoms with E-state index in [1.54, 1.807) is 29.6 Å². The van der Waals surface area contributed by atoms with Crippen molar-refractivity contribution in [2.75, 3.05) is 4.90 Å². The summed E-state index contributed by atoms with van der Waals surface area (Å²) in [6, 6.07) is 12.5. The van der Waals surface area contributed by atoms with Gasteiger partial charge in [0.15, 0.2) is 0 Å². The average Bonchev–Trinajstić information content (AvgIpc) is 3.49. The first kappa shape index (κ1) is 21.0. The van der Waals surface area contributed by atoms with E-state index in [-0.39, 0.29) is 24.8 Å². The summed E-state index contributed by atoms with van der Waals surface area (Å²) in [6.07, 6.45) is -0.0903. The summed E-state index contributed by atoms with van der Waals surface area (Å²) < 4.78 is 5.00. The fourth-order valence-electron chi connectivity index (χ4n) is 3.40. The number of carbonyl (C=O) groups is 4. The minimum absolute atomic E-state index is 0.0903. The van der Waals surface area contributed by atoms with E-state index in [1.165, 1.54) is 46.6 Å². The van der Waals surface area contributed by atoms with Gasteiger partial charge in [-0.2, -0.15) is 0 Å². The molecule has 1 atom stereocenters. The number of imide groups is 1. The Kier molecular flexibility index (Phi) is 5.97. The van der Waals surface area contributed by atoms with Gasteiger partial charge < -0.3 is 9.64 Å². The number of hydrogen-bond acceptors (Lipinski definition) is 7. The molecule has 1 fully saturated rings. The number of nitrogens with zero attached hydrogens (tertiary/aromatic N) is 2. The van der Waals surface area contributed by atoms with Crippen LogP contribution in [0, 0.1) is 0 Å². The molecule has 0 saturated carbocycles. The first-order valence-electron chi connectivity index (χ1n) is 9.46. The fourth-order valence-corrected chi connectivity index (χ4v) is 4.78. The second-order valence-electron chi connectivity index (χ2n) is 6.86. The molecular formula is C22H18N2O5S2. The molecule has 1 saturated heterocycles. The maximum absolute atomic E-state index is 13.3. The number of ether oxygens (including phenoxy) is 1. The lowest BCUT2D eigenvalue weighted by Gasteiger charge is -2.27. The highest BCUT2D eigenvalue weighted by Gasteiger charge is 2.44. The van der Waals surface area contributed by atoms with Crippen LogP contribution in [0.2, 0.25) is 0 Å². The molecule has 0 N–H and O–H groups in total. The molecule has 7 nitrogen and oxygen atoms in total. The minimum Gasteiger partial charge on any atom is -0.427 e. The van der Waals surface area contributed by atoms with Crippen LogP contribution in [0.4, 0.5) is 5.69 Å². The van der Waals surface area contributed by atoms with Gasteiger partial charge in [0, 0.05) is 11.8 Å². The van der Waals surface area contributed by atoms with Crippen LogP contribution in [0.25, 0.3) is 0 Å². The number of thiophene rings is 2. The van der Waals surface area contributed by atoms with E-state index in [1.807, 2.05) is 17.5 Å². The molecular weight excluding hydrogens is 436 g/mol. The number of carbonyl (C=O) groups excluding carboxylic acids is 4. The maximum Gasteiger partial charge on any atom is 0.308 e.